The van der Waals surface area contributed by atoms with E-state index in [2.05, 4.69) is 0 Å². The third kappa shape index (κ3) is 6.95. The highest BCUT2D eigenvalue weighted by Crippen LogP contribution is 2.19. The zero-order valence-electron chi connectivity index (χ0n) is 11.3. The first kappa shape index (κ1) is 16.8. The number of methoxy groups -OCH3 is 1. The Morgan fingerprint density at radius 1 is 1.18 bits per heavy atom. The first-order valence-corrected chi connectivity index (χ1v) is 6.22. The first-order chi connectivity index (χ1) is 8.14. The van der Waals surface area contributed by atoms with Gasteiger partial charge in [0.2, 0.25) is 0 Å². The van der Waals surface area contributed by atoms with Crippen molar-refractivity contribution in [1.82, 2.24) is 0 Å². The molecule has 0 saturated carbocycles. The molecule has 0 amide bonds. The molecule has 0 aliphatic heterocycles. The van der Waals surface area contributed by atoms with Crippen LogP contribution >= 0.6 is 0 Å². The molecule has 17 heavy (non-hydrogen) atoms. The maximum atomic E-state index is 9.67. The zero-order valence-corrected chi connectivity index (χ0v) is 11.3. The van der Waals surface area contributed by atoms with Gasteiger partial charge in [0, 0.05) is 13.7 Å². The molecule has 1 atom stereocenters. The normalized spacial score (nSPS) is 13.9. The SMILES string of the molecule is CCC(CC)(CN)OCC(O)COCCOC. The molecule has 0 aromatic heterocycles. The van der Waals surface area contributed by atoms with Crippen molar-refractivity contribution in [2.75, 3.05) is 40.1 Å². The molecule has 0 radical (unpaired) electrons. The second-order valence-corrected chi connectivity index (χ2v) is 4.13. The molecule has 0 spiro atoms. The van der Waals surface area contributed by atoms with Gasteiger partial charge in [0.1, 0.15) is 6.10 Å². The summed E-state index contributed by atoms with van der Waals surface area (Å²) in [5, 5.41) is 9.67. The molecule has 3 N–H and O–H groups in total. The molecule has 5 heteroatoms. The van der Waals surface area contributed by atoms with Gasteiger partial charge in [-0.25, -0.2) is 0 Å². The van der Waals surface area contributed by atoms with E-state index in [1.165, 1.54) is 0 Å². The van der Waals surface area contributed by atoms with Gasteiger partial charge in [0.15, 0.2) is 0 Å². The van der Waals surface area contributed by atoms with E-state index in [1.54, 1.807) is 7.11 Å². The Morgan fingerprint density at radius 2 is 1.82 bits per heavy atom. The number of aliphatic hydroxyl groups excluding tert-OH is 1. The van der Waals surface area contributed by atoms with Gasteiger partial charge in [0.25, 0.3) is 0 Å². The predicted octanol–water partition coefficient (Wildman–Crippen LogP) is 0.544. The summed E-state index contributed by atoms with van der Waals surface area (Å²) in [7, 11) is 1.61. The summed E-state index contributed by atoms with van der Waals surface area (Å²) in [6.07, 6.45) is 1.07. The molecule has 0 rings (SSSR count). The van der Waals surface area contributed by atoms with Crippen molar-refractivity contribution in [1.29, 1.82) is 0 Å². The fourth-order valence-corrected chi connectivity index (χ4v) is 1.48. The number of nitrogens with two attached hydrogens (primary N) is 1. The molecule has 0 fully saturated rings. The van der Waals surface area contributed by atoms with Gasteiger partial charge in [-0.15, -0.1) is 0 Å². The Labute approximate surface area is 104 Å². The predicted molar refractivity (Wildman–Crippen MR) is 67.0 cm³/mol. The molecule has 0 saturated heterocycles. The third-order valence-electron chi connectivity index (χ3n) is 2.98. The van der Waals surface area contributed by atoms with Gasteiger partial charge in [-0.1, -0.05) is 13.8 Å². The van der Waals surface area contributed by atoms with E-state index in [0.29, 0.717) is 19.8 Å². The molecule has 0 heterocycles. The van der Waals surface area contributed by atoms with Crippen molar-refractivity contribution in [3.63, 3.8) is 0 Å². The minimum Gasteiger partial charge on any atom is -0.388 e. The number of rotatable bonds is 11. The fourth-order valence-electron chi connectivity index (χ4n) is 1.48. The number of aliphatic hydroxyl groups is 1. The lowest BCUT2D eigenvalue weighted by atomic mass is 9.97. The average molecular weight is 249 g/mol. The largest absolute Gasteiger partial charge is 0.388 e. The Kier molecular flexibility index (Phi) is 9.68. The van der Waals surface area contributed by atoms with Crippen LogP contribution in [0.3, 0.4) is 0 Å². The topological polar surface area (TPSA) is 73.9 Å². The van der Waals surface area contributed by atoms with Crippen LogP contribution < -0.4 is 5.73 Å². The number of ether oxygens (including phenoxy) is 3. The molecule has 0 aromatic carbocycles. The minimum absolute atomic E-state index is 0.256. The second-order valence-electron chi connectivity index (χ2n) is 4.13. The van der Waals surface area contributed by atoms with Gasteiger partial charge in [-0.2, -0.15) is 0 Å². The van der Waals surface area contributed by atoms with Gasteiger partial charge in [-0.3, -0.25) is 0 Å². The number of hydrogen-bond acceptors (Lipinski definition) is 5. The molecule has 0 aliphatic rings. The highest BCUT2D eigenvalue weighted by molar-refractivity contribution is 4.79. The second kappa shape index (κ2) is 9.79. The first-order valence-electron chi connectivity index (χ1n) is 6.22. The van der Waals surface area contributed by atoms with Crippen LogP contribution in [-0.4, -0.2) is 56.9 Å². The van der Waals surface area contributed by atoms with Crippen LogP contribution in [0.5, 0.6) is 0 Å². The van der Waals surface area contributed by atoms with Gasteiger partial charge >= 0.3 is 0 Å². The highest BCUT2D eigenvalue weighted by atomic mass is 16.5. The summed E-state index contributed by atoms with van der Waals surface area (Å²) < 4.78 is 15.8. The van der Waals surface area contributed by atoms with Crippen LogP contribution in [0.25, 0.3) is 0 Å². The summed E-state index contributed by atoms with van der Waals surface area (Å²) >= 11 is 0. The van der Waals surface area contributed by atoms with E-state index >= 15 is 0 Å². The van der Waals surface area contributed by atoms with Gasteiger partial charge in [-0.05, 0) is 12.8 Å². The highest BCUT2D eigenvalue weighted by Gasteiger charge is 2.25. The van der Waals surface area contributed by atoms with Crippen molar-refractivity contribution < 1.29 is 19.3 Å². The average Bonchev–Trinajstić information content (AvgIpc) is 2.37. The van der Waals surface area contributed by atoms with Gasteiger partial charge < -0.3 is 25.1 Å². The van der Waals surface area contributed by atoms with E-state index in [1.807, 2.05) is 13.8 Å². The van der Waals surface area contributed by atoms with E-state index in [9.17, 15) is 5.11 Å². The molecule has 104 valence electrons. The standard InChI is InChI=1S/C12H27NO4/c1-4-12(5-2,10-13)17-9-11(14)8-16-7-6-15-3/h11,14H,4-10,13H2,1-3H3. The lowest BCUT2D eigenvalue weighted by Gasteiger charge is -2.31. The smallest absolute Gasteiger partial charge is 0.101 e. The Bertz CT molecular complexity index is 166. The van der Waals surface area contributed by atoms with Crippen molar-refractivity contribution in [2.45, 2.75) is 38.4 Å². The van der Waals surface area contributed by atoms with E-state index < -0.39 is 6.10 Å². The minimum atomic E-state index is -0.615. The molecule has 1 unspecified atom stereocenters. The summed E-state index contributed by atoms with van der Waals surface area (Å²) in [5.74, 6) is 0. The summed E-state index contributed by atoms with van der Waals surface area (Å²) in [6, 6.07) is 0. The molecule has 0 bridgehead atoms. The van der Waals surface area contributed by atoms with Crippen molar-refractivity contribution >= 4 is 0 Å². The van der Waals surface area contributed by atoms with E-state index in [0.717, 1.165) is 12.8 Å². The zero-order chi connectivity index (χ0) is 13.1. The lowest BCUT2D eigenvalue weighted by molar-refractivity contribution is -0.0963. The van der Waals surface area contributed by atoms with Crippen molar-refractivity contribution in [2.24, 2.45) is 5.73 Å². The van der Waals surface area contributed by atoms with Crippen LogP contribution in [0.2, 0.25) is 0 Å². The third-order valence-corrected chi connectivity index (χ3v) is 2.98. The maximum absolute atomic E-state index is 9.67. The summed E-state index contributed by atoms with van der Waals surface area (Å²) in [5.41, 5.74) is 5.39. The fraction of sp³-hybridized carbons (Fsp3) is 1.00. The van der Waals surface area contributed by atoms with Crippen LogP contribution in [0.4, 0.5) is 0 Å². The van der Waals surface area contributed by atoms with E-state index in [-0.39, 0.29) is 18.8 Å². The van der Waals surface area contributed by atoms with Crippen molar-refractivity contribution in [3.8, 4) is 0 Å². The molecule has 0 aromatic rings. The molecule has 0 aliphatic carbocycles. The van der Waals surface area contributed by atoms with Crippen LogP contribution in [0.1, 0.15) is 26.7 Å². The summed E-state index contributed by atoms with van der Waals surface area (Å²) in [4.78, 5) is 0. The molecule has 5 nitrogen and oxygen atoms in total. The summed E-state index contributed by atoms with van der Waals surface area (Å²) in [6.45, 7) is 6.08. The lowest BCUT2D eigenvalue weighted by Crippen LogP contribution is -2.42. The molecular weight excluding hydrogens is 222 g/mol. The number of hydrogen-bond donors (Lipinski definition) is 2. The van der Waals surface area contributed by atoms with E-state index in [4.69, 9.17) is 19.9 Å². The Morgan fingerprint density at radius 3 is 2.29 bits per heavy atom. The quantitative estimate of drug-likeness (QED) is 0.523. The van der Waals surface area contributed by atoms with Crippen molar-refractivity contribution in [3.05, 3.63) is 0 Å². The monoisotopic (exact) mass is 249 g/mol. The van der Waals surface area contributed by atoms with Crippen LogP contribution in [0.15, 0.2) is 0 Å². The Hall–Kier alpha value is -0.200. The van der Waals surface area contributed by atoms with Crippen LogP contribution in [-0.2, 0) is 14.2 Å². The molecular formula is C12H27NO4. The maximum Gasteiger partial charge on any atom is 0.101 e. The van der Waals surface area contributed by atoms with Gasteiger partial charge in [0.05, 0.1) is 32.0 Å². The Balaban J connectivity index is 3.76. The van der Waals surface area contributed by atoms with Crippen LogP contribution in [0, 0.1) is 0 Å².